The van der Waals surface area contributed by atoms with Crippen molar-refractivity contribution in [2.75, 3.05) is 39.8 Å². The Bertz CT molecular complexity index is 186. The van der Waals surface area contributed by atoms with Crippen LogP contribution in [0.1, 0.15) is 0 Å². The van der Waals surface area contributed by atoms with Crippen molar-refractivity contribution in [2.45, 2.75) is 0 Å². The van der Waals surface area contributed by atoms with Gasteiger partial charge in [-0.15, -0.1) is 0 Å². The van der Waals surface area contributed by atoms with Crippen molar-refractivity contribution in [1.82, 2.24) is 10.2 Å². The van der Waals surface area contributed by atoms with Crippen molar-refractivity contribution < 1.29 is 9.53 Å². The first-order valence-electron chi connectivity index (χ1n) is 4.50. The smallest absolute Gasteiger partial charge is 0.330 e. The number of esters is 1. The minimum Gasteiger partial charge on any atom is -0.466 e. The Balaban J connectivity index is 2.16. The van der Waals surface area contributed by atoms with Gasteiger partial charge in [0.2, 0.25) is 0 Å². The summed E-state index contributed by atoms with van der Waals surface area (Å²) in [6.45, 7) is 4.99. The molecule has 1 rings (SSSR count). The van der Waals surface area contributed by atoms with Gasteiger partial charge in [0, 0.05) is 38.8 Å². The van der Waals surface area contributed by atoms with Gasteiger partial charge >= 0.3 is 5.97 Å². The van der Waals surface area contributed by atoms with E-state index in [1.807, 2.05) is 6.08 Å². The molecular weight excluding hydrogens is 168 g/mol. The lowest BCUT2D eigenvalue weighted by Gasteiger charge is -2.25. The molecule has 1 aliphatic heterocycles. The quantitative estimate of drug-likeness (QED) is 0.479. The van der Waals surface area contributed by atoms with Gasteiger partial charge in [-0.25, -0.2) is 4.79 Å². The lowest BCUT2D eigenvalue weighted by Crippen LogP contribution is -2.43. The van der Waals surface area contributed by atoms with E-state index in [1.54, 1.807) is 0 Å². The molecule has 74 valence electrons. The number of ether oxygens (including phenoxy) is 1. The van der Waals surface area contributed by atoms with Crippen LogP contribution in [0.2, 0.25) is 0 Å². The summed E-state index contributed by atoms with van der Waals surface area (Å²) < 4.78 is 4.48. The molecule has 0 bridgehead atoms. The molecule has 0 aromatic heterocycles. The first-order chi connectivity index (χ1) is 6.33. The van der Waals surface area contributed by atoms with Crippen molar-refractivity contribution in [2.24, 2.45) is 0 Å². The third kappa shape index (κ3) is 4.05. The molecule has 0 spiro atoms. The number of carbonyl (C=O) groups is 1. The molecule has 4 nitrogen and oxygen atoms in total. The van der Waals surface area contributed by atoms with Gasteiger partial charge in [0.15, 0.2) is 0 Å². The summed E-state index contributed by atoms with van der Waals surface area (Å²) >= 11 is 0. The number of nitrogens with one attached hydrogen (secondary N) is 1. The number of carbonyl (C=O) groups excluding carboxylic acids is 1. The zero-order valence-electron chi connectivity index (χ0n) is 7.95. The summed E-state index contributed by atoms with van der Waals surface area (Å²) in [5, 5.41) is 3.27. The van der Waals surface area contributed by atoms with Crippen LogP contribution in [-0.2, 0) is 9.53 Å². The van der Waals surface area contributed by atoms with E-state index >= 15 is 0 Å². The van der Waals surface area contributed by atoms with Crippen molar-refractivity contribution in [3.05, 3.63) is 12.2 Å². The highest BCUT2D eigenvalue weighted by Gasteiger charge is 2.06. The molecule has 4 heteroatoms. The van der Waals surface area contributed by atoms with E-state index in [4.69, 9.17) is 0 Å². The van der Waals surface area contributed by atoms with Crippen LogP contribution in [0, 0.1) is 0 Å². The fourth-order valence-electron chi connectivity index (χ4n) is 1.26. The van der Waals surface area contributed by atoms with Crippen LogP contribution in [0.25, 0.3) is 0 Å². The van der Waals surface area contributed by atoms with Crippen LogP contribution in [-0.4, -0.2) is 50.7 Å². The Kier molecular flexibility index (Phi) is 4.49. The zero-order chi connectivity index (χ0) is 9.52. The summed E-state index contributed by atoms with van der Waals surface area (Å²) in [7, 11) is 1.39. The number of hydrogen-bond acceptors (Lipinski definition) is 4. The number of nitrogens with zero attached hydrogens (tertiary/aromatic N) is 1. The molecule has 0 radical (unpaired) electrons. The molecule has 1 aliphatic rings. The van der Waals surface area contributed by atoms with E-state index in [0.29, 0.717) is 0 Å². The van der Waals surface area contributed by atoms with E-state index < -0.39 is 0 Å². The second kappa shape index (κ2) is 5.72. The monoisotopic (exact) mass is 184 g/mol. The van der Waals surface area contributed by atoms with E-state index in [2.05, 4.69) is 15.0 Å². The fourth-order valence-corrected chi connectivity index (χ4v) is 1.26. The van der Waals surface area contributed by atoms with Gasteiger partial charge in [-0.2, -0.15) is 0 Å². The van der Waals surface area contributed by atoms with Gasteiger partial charge < -0.3 is 10.1 Å². The largest absolute Gasteiger partial charge is 0.466 e. The summed E-state index contributed by atoms with van der Waals surface area (Å²) in [4.78, 5) is 13.0. The van der Waals surface area contributed by atoms with Gasteiger partial charge in [0.05, 0.1) is 7.11 Å². The Morgan fingerprint density at radius 2 is 2.23 bits per heavy atom. The van der Waals surface area contributed by atoms with Crippen molar-refractivity contribution in [1.29, 1.82) is 0 Å². The number of methoxy groups -OCH3 is 1. The number of hydrogen-bond donors (Lipinski definition) is 1. The highest BCUT2D eigenvalue weighted by atomic mass is 16.5. The fraction of sp³-hybridized carbons (Fsp3) is 0.667. The number of rotatable bonds is 3. The summed E-state index contributed by atoms with van der Waals surface area (Å²) in [6, 6.07) is 0. The summed E-state index contributed by atoms with van der Waals surface area (Å²) in [6.07, 6.45) is 3.32. The third-order valence-corrected chi connectivity index (χ3v) is 2.03. The number of piperazine rings is 1. The third-order valence-electron chi connectivity index (χ3n) is 2.03. The highest BCUT2D eigenvalue weighted by molar-refractivity contribution is 5.81. The van der Waals surface area contributed by atoms with Crippen LogP contribution >= 0.6 is 0 Å². The molecule has 0 atom stereocenters. The lowest BCUT2D eigenvalue weighted by atomic mass is 10.3. The Hall–Kier alpha value is -0.870. The average Bonchev–Trinajstić information content (AvgIpc) is 2.19. The van der Waals surface area contributed by atoms with E-state index in [0.717, 1.165) is 32.7 Å². The molecule has 0 aromatic rings. The molecule has 0 amide bonds. The zero-order valence-corrected chi connectivity index (χ0v) is 7.95. The second-order valence-electron chi connectivity index (χ2n) is 2.98. The maximum Gasteiger partial charge on any atom is 0.330 e. The molecule has 0 aliphatic carbocycles. The minimum absolute atomic E-state index is 0.282. The van der Waals surface area contributed by atoms with E-state index in [1.165, 1.54) is 13.2 Å². The maximum absolute atomic E-state index is 10.7. The first-order valence-corrected chi connectivity index (χ1v) is 4.50. The normalized spacial score (nSPS) is 19.2. The predicted octanol–water partition coefficient (Wildman–Crippen LogP) is -0.379. The van der Waals surface area contributed by atoms with Crippen molar-refractivity contribution >= 4 is 5.97 Å². The van der Waals surface area contributed by atoms with Crippen LogP contribution in [0.5, 0.6) is 0 Å². The summed E-state index contributed by atoms with van der Waals surface area (Å²) in [5.41, 5.74) is 0. The van der Waals surface area contributed by atoms with Gasteiger partial charge in [0.1, 0.15) is 0 Å². The van der Waals surface area contributed by atoms with Crippen molar-refractivity contribution in [3.63, 3.8) is 0 Å². The Morgan fingerprint density at radius 1 is 1.54 bits per heavy atom. The van der Waals surface area contributed by atoms with Gasteiger partial charge in [-0.1, -0.05) is 6.08 Å². The average molecular weight is 184 g/mol. The Morgan fingerprint density at radius 3 is 2.85 bits per heavy atom. The molecule has 1 saturated heterocycles. The van der Waals surface area contributed by atoms with Crippen molar-refractivity contribution in [3.8, 4) is 0 Å². The molecule has 1 N–H and O–H groups in total. The molecular formula is C9H16N2O2. The summed E-state index contributed by atoms with van der Waals surface area (Å²) in [5.74, 6) is -0.282. The highest BCUT2D eigenvalue weighted by Crippen LogP contribution is 1.92. The van der Waals surface area contributed by atoms with Crippen LogP contribution < -0.4 is 5.32 Å². The van der Waals surface area contributed by atoms with E-state index in [9.17, 15) is 4.79 Å². The van der Waals surface area contributed by atoms with E-state index in [-0.39, 0.29) is 5.97 Å². The predicted molar refractivity (Wildman–Crippen MR) is 50.5 cm³/mol. The molecule has 13 heavy (non-hydrogen) atoms. The molecule has 1 heterocycles. The topological polar surface area (TPSA) is 41.6 Å². The van der Waals surface area contributed by atoms with Gasteiger partial charge in [-0.3, -0.25) is 4.90 Å². The van der Waals surface area contributed by atoms with Crippen LogP contribution in [0.4, 0.5) is 0 Å². The second-order valence-corrected chi connectivity index (χ2v) is 2.98. The molecule has 1 fully saturated rings. The minimum atomic E-state index is -0.282. The standard InChI is InChI=1S/C9H16N2O2/c1-13-9(12)3-2-6-11-7-4-10-5-8-11/h2-3,10H,4-8H2,1H3/b3-2+. The lowest BCUT2D eigenvalue weighted by molar-refractivity contribution is -0.134. The van der Waals surface area contributed by atoms with Gasteiger partial charge in [-0.05, 0) is 0 Å². The Labute approximate surface area is 78.5 Å². The first kappa shape index (κ1) is 10.2. The van der Waals surface area contributed by atoms with Crippen LogP contribution in [0.3, 0.4) is 0 Å². The molecule has 0 aromatic carbocycles. The molecule has 0 unspecified atom stereocenters. The molecule has 0 saturated carbocycles. The van der Waals surface area contributed by atoms with Gasteiger partial charge in [0.25, 0.3) is 0 Å². The maximum atomic E-state index is 10.7. The van der Waals surface area contributed by atoms with Crippen LogP contribution in [0.15, 0.2) is 12.2 Å². The SMILES string of the molecule is COC(=O)/C=C/CN1CCNCC1.